The summed E-state index contributed by atoms with van der Waals surface area (Å²) in [6.07, 6.45) is 11.7. The molecule has 0 bridgehead atoms. The lowest BCUT2D eigenvalue weighted by molar-refractivity contribution is -0.0709. The zero-order chi connectivity index (χ0) is 10.7. The molecule has 2 saturated carbocycles. The SMILES string of the molecule is COC1(C(N)C2CCCC2)CCCCC1. The van der Waals surface area contributed by atoms with Crippen molar-refractivity contribution in [3.8, 4) is 0 Å². The van der Waals surface area contributed by atoms with Gasteiger partial charge in [-0.05, 0) is 31.6 Å². The Balaban J connectivity index is 2.02. The van der Waals surface area contributed by atoms with Crippen LogP contribution < -0.4 is 5.73 Å². The minimum Gasteiger partial charge on any atom is -0.377 e. The molecule has 0 radical (unpaired) electrons. The number of hydrogen-bond acceptors (Lipinski definition) is 2. The fourth-order valence-corrected chi connectivity index (χ4v) is 3.57. The fourth-order valence-electron chi connectivity index (χ4n) is 3.57. The van der Waals surface area contributed by atoms with E-state index in [0.717, 1.165) is 5.92 Å². The van der Waals surface area contributed by atoms with Crippen LogP contribution in [0.4, 0.5) is 0 Å². The molecule has 2 aliphatic rings. The fraction of sp³-hybridized carbons (Fsp3) is 1.00. The zero-order valence-corrected chi connectivity index (χ0v) is 10.0. The normalized spacial score (nSPS) is 29.2. The molecule has 0 spiro atoms. The predicted molar refractivity (Wildman–Crippen MR) is 62.8 cm³/mol. The van der Waals surface area contributed by atoms with Crippen LogP contribution in [0.15, 0.2) is 0 Å². The van der Waals surface area contributed by atoms with Gasteiger partial charge in [-0.25, -0.2) is 0 Å². The van der Waals surface area contributed by atoms with E-state index in [1.165, 1.54) is 57.8 Å². The highest BCUT2D eigenvalue weighted by Gasteiger charge is 2.42. The molecule has 0 aromatic heterocycles. The van der Waals surface area contributed by atoms with E-state index in [4.69, 9.17) is 10.5 Å². The van der Waals surface area contributed by atoms with Crippen molar-refractivity contribution in [3.63, 3.8) is 0 Å². The van der Waals surface area contributed by atoms with Gasteiger partial charge in [0.2, 0.25) is 0 Å². The summed E-state index contributed by atoms with van der Waals surface area (Å²) in [6.45, 7) is 0. The third-order valence-electron chi connectivity index (χ3n) is 4.62. The molecule has 2 rings (SSSR count). The molecular formula is C13H25NO. The summed E-state index contributed by atoms with van der Waals surface area (Å²) in [5.41, 5.74) is 6.50. The molecular weight excluding hydrogens is 186 g/mol. The lowest BCUT2D eigenvalue weighted by atomic mass is 9.74. The Kier molecular flexibility index (Phi) is 3.68. The first-order valence-electron chi connectivity index (χ1n) is 6.59. The van der Waals surface area contributed by atoms with Crippen LogP contribution >= 0.6 is 0 Å². The molecule has 0 amide bonds. The van der Waals surface area contributed by atoms with Crippen molar-refractivity contribution in [2.24, 2.45) is 11.7 Å². The Hall–Kier alpha value is -0.0800. The molecule has 1 atom stereocenters. The van der Waals surface area contributed by atoms with Crippen molar-refractivity contribution in [1.29, 1.82) is 0 Å². The lowest BCUT2D eigenvalue weighted by Gasteiger charge is -2.43. The number of nitrogens with two attached hydrogens (primary N) is 1. The molecule has 2 N–H and O–H groups in total. The van der Waals surface area contributed by atoms with Gasteiger partial charge in [0.1, 0.15) is 0 Å². The second kappa shape index (κ2) is 4.84. The summed E-state index contributed by atoms with van der Waals surface area (Å²) in [6, 6.07) is 0.283. The summed E-state index contributed by atoms with van der Waals surface area (Å²) < 4.78 is 5.83. The van der Waals surface area contributed by atoms with Gasteiger partial charge in [-0.2, -0.15) is 0 Å². The average molecular weight is 211 g/mol. The quantitative estimate of drug-likeness (QED) is 0.779. The topological polar surface area (TPSA) is 35.2 Å². The van der Waals surface area contributed by atoms with Crippen molar-refractivity contribution in [3.05, 3.63) is 0 Å². The van der Waals surface area contributed by atoms with Crippen LogP contribution in [-0.4, -0.2) is 18.8 Å². The van der Waals surface area contributed by atoms with Crippen LogP contribution in [0.2, 0.25) is 0 Å². The molecule has 15 heavy (non-hydrogen) atoms. The maximum atomic E-state index is 6.47. The summed E-state index contributed by atoms with van der Waals surface area (Å²) in [7, 11) is 1.86. The maximum absolute atomic E-state index is 6.47. The van der Waals surface area contributed by atoms with Gasteiger partial charge in [0.05, 0.1) is 5.60 Å². The van der Waals surface area contributed by atoms with Gasteiger partial charge >= 0.3 is 0 Å². The largest absolute Gasteiger partial charge is 0.377 e. The van der Waals surface area contributed by atoms with Crippen LogP contribution in [0, 0.1) is 5.92 Å². The van der Waals surface area contributed by atoms with Crippen LogP contribution in [0.5, 0.6) is 0 Å². The van der Waals surface area contributed by atoms with Gasteiger partial charge < -0.3 is 10.5 Å². The van der Waals surface area contributed by atoms with E-state index in [0.29, 0.717) is 0 Å². The molecule has 2 fully saturated rings. The molecule has 0 aromatic rings. The minimum absolute atomic E-state index is 0.0211. The maximum Gasteiger partial charge on any atom is 0.0831 e. The third-order valence-corrected chi connectivity index (χ3v) is 4.62. The van der Waals surface area contributed by atoms with Crippen LogP contribution in [0.25, 0.3) is 0 Å². The Morgan fingerprint density at radius 3 is 2.20 bits per heavy atom. The number of ether oxygens (including phenoxy) is 1. The summed E-state index contributed by atoms with van der Waals surface area (Å²) >= 11 is 0. The van der Waals surface area contributed by atoms with E-state index < -0.39 is 0 Å². The van der Waals surface area contributed by atoms with E-state index in [1.54, 1.807) is 0 Å². The van der Waals surface area contributed by atoms with Crippen molar-refractivity contribution < 1.29 is 4.74 Å². The standard InChI is InChI=1S/C13H25NO/c1-15-13(9-5-2-6-10-13)12(14)11-7-3-4-8-11/h11-12H,2-10,14H2,1H3. The highest BCUT2D eigenvalue weighted by Crippen LogP contribution is 2.40. The van der Waals surface area contributed by atoms with Crippen LogP contribution in [0.1, 0.15) is 57.8 Å². The van der Waals surface area contributed by atoms with Crippen molar-refractivity contribution >= 4 is 0 Å². The number of rotatable bonds is 3. The molecule has 88 valence electrons. The second-order valence-electron chi connectivity index (χ2n) is 5.40. The van der Waals surface area contributed by atoms with Gasteiger partial charge in [0, 0.05) is 13.2 Å². The Bertz CT molecular complexity index is 193. The zero-order valence-electron chi connectivity index (χ0n) is 10.0. The first kappa shape index (κ1) is 11.4. The first-order chi connectivity index (χ1) is 7.28. The van der Waals surface area contributed by atoms with E-state index in [-0.39, 0.29) is 11.6 Å². The number of methoxy groups -OCH3 is 1. The molecule has 1 unspecified atom stereocenters. The van der Waals surface area contributed by atoms with Crippen LogP contribution in [-0.2, 0) is 4.74 Å². The van der Waals surface area contributed by atoms with E-state index in [1.807, 2.05) is 7.11 Å². The lowest BCUT2D eigenvalue weighted by Crippen LogP contribution is -2.54. The molecule has 0 aromatic carbocycles. The molecule has 0 aliphatic heterocycles. The number of hydrogen-bond donors (Lipinski definition) is 1. The van der Waals surface area contributed by atoms with Gasteiger partial charge in [0.15, 0.2) is 0 Å². The predicted octanol–water partition coefficient (Wildman–Crippen LogP) is 2.85. The van der Waals surface area contributed by atoms with Crippen molar-refractivity contribution in [1.82, 2.24) is 0 Å². The summed E-state index contributed by atoms with van der Waals surface area (Å²) in [4.78, 5) is 0. The van der Waals surface area contributed by atoms with Crippen LogP contribution in [0.3, 0.4) is 0 Å². The summed E-state index contributed by atoms with van der Waals surface area (Å²) in [5.74, 6) is 0.725. The molecule has 0 saturated heterocycles. The second-order valence-corrected chi connectivity index (χ2v) is 5.40. The highest BCUT2D eigenvalue weighted by atomic mass is 16.5. The van der Waals surface area contributed by atoms with Gasteiger partial charge in [0.25, 0.3) is 0 Å². The first-order valence-corrected chi connectivity index (χ1v) is 6.59. The summed E-state index contributed by atoms with van der Waals surface area (Å²) in [5, 5.41) is 0. The third kappa shape index (κ3) is 2.21. The van der Waals surface area contributed by atoms with Gasteiger partial charge in [-0.15, -0.1) is 0 Å². The Morgan fingerprint density at radius 2 is 1.67 bits per heavy atom. The molecule has 0 heterocycles. The smallest absolute Gasteiger partial charge is 0.0831 e. The minimum atomic E-state index is 0.0211. The average Bonchev–Trinajstić information content (AvgIpc) is 2.82. The Morgan fingerprint density at radius 1 is 1.07 bits per heavy atom. The van der Waals surface area contributed by atoms with E-state index >= 15 is 0 Å². The van der Waals surface area contributed by atoms with E-state index in [2.05, 4.69) is 0 Å². The Labute approximate surface area is 93.6 Å². The van der Waals surface area contributed by atoms with Gasteiger partial charge in [-0.3, -0.25) is 0 Å². The molecule has 2 heteroatoms. The van der Waals surface area contributed by atoms with Gasteiger partial charge in [-0.1, -0.05) is 32.1 Å². The van der Waals surface area contributed by atoms with Crippen molar-refractivity contribution in [2.45, 2.75) is 69.4 Å². The monoisotopic (exact) mass is 211 g/mol. The van der Waals surface area contributed by atoms with Crippen molar-refractivity contribution in [2.75, 3.05) is 7.11 Å². The highest BCUT2D eigenvalue weighted by molar-refractivity contribution is 4.97. The molecule has 2 aliphatic carbocycles. The molecule has 2 nitrogen and oxygen atoms in total. The van der Waals surface area contributed by atoms with E-state index in [9.17, 15) is 0 Å².